The first-order chi connectivity index (χ1) is 15.9. The van der Waals surface area contributed by atoms with E-state index in [4.69, 9.17) is 0 Å². The van der Waals surface area contributed by atoms with Gasteiger partial charge in [-0.25, -0.2) is 0 Å². The number of likely N-dealkylation sites (tertiary alicyclic amines) is 1. The van der Waals surface area contributed by atoms with Crippen molar-refractivity contribution in [2.45, 2.75) is 65.0 Å². The molecule has 1 saturated heterocycles. The number of hydrogen-bond acceptors (Lipinski definition) is 3. The Kier molecular flexibility index (Phi) is 8.43. The highest BCUT2D eigenvalue weighted by Gasteiger charge is 2.39. The Morgan fingerprint density at radius 1 is 1.03 bits per heavy atom. The lowest BCUT2D eigenvalue weighted by atomic mass is 9.84. The second kappa shape index (κ2) is 11.3. The lowest BCUT2D eigenvalue weighted by Crippen LogP contribution is -2.56. The van der Waals surface area contributed by atoms with Crippen LogP contribution in [0.2, 0.25) is 0 Å². The zero-order valence-corrected chi connectivity index (χ0v) is 20.1. The van der Waals surface area contributed by atoms with Crippen LogP contribution in [0.5, 0.6) is 0 Å². The molecule has 0 spiro atoms. The molecule has 5 heteroatoms. The maximum Gasteiger partial charge on any atom is 0.292 e. The van der Waals surface area contributed by atoms with E-state index in [-0.39, 0.29) is 17.9 Å². The summed E-state index contributed by atoms with van der Waals surface area (Å²) in [5, 5.41) is 0. The summed E-state index contributed by atoms with van der Waals surface area (Å²) >= 11 is 0. The van der Waals surface area contributed by atoms with Crippen molar-refractivity contribution in [2.75, 3.05) is 13.1 Å². The summed E-state index contributed by atoms with van der Waals surface area (Å²) in [5.74, 6) is -0.682. The van der Waals surface area contributed by atoms with Gasteiger partial charge in [0.05, 0.1) is 0 Å². The minimum atomic E-state index is -0.698. The van der Waals surface area contributed by atoms with Crippen LogP contribution in [0.25, 0.3) is 0 Å². The molecule has 0 aromatic heterocycles. The van der Waals surface area contributed by atoms with E-state index in [1.165, 1.54) is 11.1 Å². The molecular weight excluding hydrogens is 412 g/mol. The number of nitrogens with zero attached hydrogens (tertiary/aromatic N) is 2. The Morgan fingerprint density at radius 2 is 1.61 bits per heavy atom. The van der Waals surface area contributed by atoms with E-state index in [2.05, 4.69) is 24.3 Å². The molecule has 1 aliphatic rings. The average Bonchev–Trinajstić information content (AvgIpc) is 2.87. The first-order valence-electron chi connectivity index (χ1n) is 12.1. The molecule has 0 radical (unpaired) electrons. The summed E-state index contributed by atoms with van der Waals surface area (Å²) in [7, 11) is 0. The number of ketones is 1. The molecule has 1 heterocycles. The van der Waals surface area contributed by atoms with Gasteiger partial charge in [0, 0.05) is 24.4 Å². The number of carbonyl (C=O) groups excluding carboxylic acids is 3. The van der Waals surface area contributed by atoms with E-state index in [1.54, 1.807) is 9.80 Å². The van der Waals surface area contributed by atoms with Crippen molar-refractivity contribution >= 4 is 18.1 Å². The van der Waals surface area contributed by atoms with Crippen LogP contribution in [0.3, 0.4) is 0 Å². The second-order valence-corrected chi connectivity index (χ2v) is 9.55. The van der Waals surface area contributed by atoms with Crippen molar-refractivity contribution in [1.29, 1.82) is 0 Å². The average molecular weight is 449 g/mol. The third kappa shape index (κ3) is 5.89. The van der Waals surface area contributed by atoms with Gasteiger partial charge in [0.1, 0.15) is 6.17 Å². The Bertz CT molecular complexity index is 887. The molecule has 176 valence electrons. The summed E-state index contributed by atoms with van der Waals surface area (Å²) in [6.07, 6.45) is 4.30. The number of amides is 2. The molecule has 33 heavy (non-hydrogen) atoms. The van der Waals surface area contributed by atoms with Gasteiger partial charge in [-0.05, 0) is 43.2 Å². The fourth-order valence-corrected chi connectivity index (χ4v) is 4.52. The molecule has 0 bridgehead atoms. The molecule has 0 N–H and O–H groups in total. The van der Waals surface area contributed by atoms with Crippen LogP contribution in [-0.2, 0) is 14.4 Å². The monoisotopic (exact) mass is 448 g/mol. The quantitative estimate of drug-likeness (QED) is 0.379. The third-order valence-corrected chi connectivity index (χ3v) is 7.02. The van der Waals surface area contributed by atoms with Gasteiger partial charge in [-0.15, -0.1) is 0 Å². The summed E-state index contributed by atoms with van der Waals surface area (Å²) in [4.78, 5) is 41.6. The predicted octanol–water partition coefficient (Wildman–Crippen LogP) is 5.01. The van der Waals surface area contributed by atoms with Crippen LogP contribution in [0, 0.1) is 5.41 Å². The molecule has 0 saturated carbocycles. The van der Waals surface area contributed by atoms with Crippen LogP contribution in [0.15, 0.2) is 60.7 Å². The van der Waals surface area contributed by atoms with Crippen molar-refractivity contribution in [3.63, 3.8) is 0 Å². The second-order valence-electron chi connectivity index (χ2n) is 9.55. The standard InChI is InChI=1S/C28H36N2O3/c1-4-28(2,3)26(32)27(33)30-19-12-11-17-25(30)29(21-31)20-18-24(22-13-7-5-8-14-22)23-15-9-6-10-16-23/h5-10,13-16,21,24-25H,4,11-12,17-20H2,1-3H3/t25-/m0/s1. The highest BCUT2D eigenvalue weighted by atomic mass is 16.2. The molecule has 0 unspecified atom stereocenters. The first-order valence-corrected chi connectivity index (χ1v) is 12.1. The van der Waals surface area contributed by atoms with E-state index in [9.17, 15) is 14.4 Å². The summed E-state index contributed by atoms with van der Waals surface area (Å²) < 4.78 is 0. The molecule has 2 amide bonds. The van der Waals surface area contributed by atoms with Crippen molar-refractivity contribution in [3.8, 4) is 0 Å². The molecule has 2 aromatic carbocycles. The molecular formula is C28H36N2O3. The Balaban J connectivity index is 1.79. The zero-order chi connectivity index (χ0) is 23.8. The number of rotatable bonds is 10. The van der Waals surface area contributed by atoms with Crippen LogP contribution in [-0.4, -0.2) is 47.2 Å². The summed E-state index contributed by atoms with van der Waals surface area (Å²) in [5.41, 5.74) is 1.70. The van der Waals surface area contributed by atoms with E-state index in [0.29, 0.717) is 25.9 Å². The smallest absolute Gasteiger partial charge is 0.292 e. The van der Waals surface area contributed by atoms with Crippen LogP contribution < -0.4 is 0 Å². The van der Waals surface area contributed by atoms with Crippen molar-refractivity contribution in [3.05, 3.63) is 71.8 Å². The first kappa shape index (κ1) is 24.7. The molecule has 2 aromatic rings. The van der Waals surface area contributed by atoms with E-state index < -0.39 is 11.3 Å². The summed E-state index contributed by atoms with van der Waals surface area (Å²) in [6.45, 7) is 6.57. The molecule has 5 nitrogen and oxygen atoms in total. The maximum atomic E-state index is 13.1. The fraction of sp³-hybridized carbons (Fsp3) is 0.464. The van der Waals surface area contributed by atoms with Crippen molar-refractivity contribution in [1.82, 2.24) is 9.80 Å². The topological polar surface area (TPSA) is 57.7 Å². The largest absolute Gasteiger partial charge is 0.325 e. The third-order valence-electron chi connectivity index (χ3n) is 7.02. The normalized spacial score (nSPS) is 16.5. The van der Waals surface area contributed by atoms with Gasteiger partial charge in [-0.1, -0.05) is 81.4 Å². The van der Waals surface area contributed by atoms with Gasteiger partial charge in [0.15, 0.2) is 0 Å². The van der Waals surface area contributed by atoms with Gasteiger partial charge >= 0.3 is 0 Å². The van der Waals surface area contributed by atoms with Gasteiger partial charge in [-0.2, -0.15) is 0 Å². The Hall–Kier alpha value is -2.95. The lowest BCUT2D eigenvalue weighted by molar-refractivity contribution is -0.156. The number of piperidine rings is 1. The predicted molar refractivity (Wildman–Crippen MR) is 131 cm³/mol. The van der Waals surface area contributed by atoms with E-state index >= 15 is 0 Å². The fourth-order valence-electron chi connectivity index (χ4n) is 4.52. The van der Waals surface area contributed by atoms with Crippen molar-refractivity contribution < 1.29 is 14.4 Å². The highest BCUT2D eigenvalue weighted by Crippen LogP contribution is 2.30. The molecule has 3 rings (SSSR count). The Labute approximate surface area is 197 Å². The zero-order valence-electron chi connectivity index (χ0n) is 20.1. The molecule has 1 atom stereocenters. The number of benzene rings is 2. The van der Waals surface area contributed by atoms with Crippen LogP contribution in [0.1, 0.15) is 69.9 Å². The highest BCUT2D eigenvalue weighted by molar-refractivity contribution is 6.38. The lowest BCUT2D eigenvalue weighted by Gasteiger charge is -2.42. The number of carbonyl (C=O) groups is 3. The summed E-state index contributed by atoms with van der Waals surface area (Å²) in [6, 6.07) is 20.6. The maximum absolute atomic E-state index is 13.1. The number of Topliss-reactive ketones (excluding diaryl/α,β-unsaturated/α-hetero) is 1. The molecule has 0 aliphatic carbocycles. The van der Waals surface area contributed by atoms with Gasteiger partial charge in [-0.3, -0.25) is 14.4 Å². The molecule has 1 fully saturated rings. The minimum Gasteiger partial charge on any atom is -0.325 e. The number of hydrogen-bond donors (Lipinski definition) is 0. The van der Waals surface area contributed by atoms with Gasteiger partial charge in [0.25, 0.3) is 5.91 Å². The van der Waals surface area contributed by atoms with E-state index in [0.717, 1.165) is 25.7 Å². The SMILES string of the molecule is CCC(C)(C)C(=O)C(=O)N1CCCC[C@H]1N(C=O)CCC(c1ccccc1)c1ccccc1. The minimum absolute atomic E-state index is 0.142. The molecule has 1 aliphatic heterocycles. The Morgan fingerprint density at radius 3 is 2.12 bits per heavy atom. The van der Waals surface area contributed by atoms with Crippen LogP contribution >= 0.6 is 0 Å². The van der Waals surface area contributed by atoms with Crippen LogP contribution in [0.4, 0.5) is 0 Å². The van der Waals surface area contributed by atoms with Crippen molar-refractivity contribution in [2.24, 2.45) is 5.41 Å². The van der Waals surface area contributed by atoms with E-state index in [1.807, 2.05) is 57.2 Å². The van der Waals surface area contributed by atoms with Gasteiger partial charge < -0.3 is 9.80 Å². The van der Waals surface area contributed by atoms with Gasteiger partial charge in [0.2, 0.25) is 12.2 Å².